The smallest absolute Gasteiger partial charge is 0.545 e. The summed E-state index contributed by atoms with van der Waals surface area (Å²) in [6.07, 6.45) is 1.61. The van der Waals surface area contributed by atoms with Crippen LogP contribution in [0, 0.1) is 0 Å². The Labute approximate surface area is 169 Å². The van der Waals surface area contributed by atoms with Crippen molar-refractivity contribution in [2.45, 2.75) is 0 Å². The van der Waals surface area contributed by atoms with Crippen LogP contribution in [0.25, 0.3) is 5.52 Å². The van der Waals surface area contributed by atoms with Crippen molar-refractivity contribution < 1.29 is 66.1 Å². The van der Waals surface area contributed by atoms with Crippen LogP contribution in [0.3, 0.4) is 0 Å². The summed E-state index contributed by atoms with van der Waals surface area (Å²) in [6.45, 7) is 0. The molecule has 2 aromatic heterocycles. The summed E-state index contributed by atoms with van der Waals surface area (Å²) < 4.78 is 1.48. The van der Waals surface area contributed by atoms with E-state index in [-0.39, 0.29) is 74.1 Å². The van der Waals surface area contributed by atoms with Crippen LogP contribution in [0.2, 0.25) is 0 Å². The van der Waals surface area contributed by atoms with Crippen LogP contribution in [0.15, 0.2) is 54.7 Å². The van der Waals surface area contributed by atoms with Gasteiger partial charge >= 0.3 is 51.4 Å². The molecule has 104 valence electrons. The van der Waals surface area contributed by atoms with E-state index in [1.807, 2.05) is 0 Å². The minimum absolute atomic E-state index is 0. The van der Waals surface area contributed by atoms with E-state index in [0.29, 0.717) is 11.1 Å². The molecule has 0 amide bonds. The Hall–Kier alpha value is -1.44. The van der Waals surface area contributed by atoms with Crippen molar-refractivity contribution >= 4 is 23.0 Å². The summed E-state index contributed by atoms with van der Waals surface area (Å²) in [5.74, 6) is -1.73. The normalized spacial score (nSPS) is 10.2. The fourth-order valence-corrected chi connectivity index (χ4v) is 2.40. The first-order chi connectivity index (χ1) is 10.1. The van der Waals surface area contributed by atoms with E-state index in [4.69, 9.17) is 5.73 Å². The van der Waals surface area contributed by atoms with E-state index in [1.54, 1.807) is 54.7 Å². The molecule has 0 radical (unpaired) electrons. The maximum absolute atomic E-state index is 12.6. The van der Waals surface area contributed by atoms with Gasteiger partial charge in [-0.3, -0.25) is 4.79 Å². The van der Waals surface area contributed by atoms with Crippen molar-refractivity contribution in [2.75, 3.05) is 5.73 Å². The Morgan fingerprint density at radius 1 is 1.00 bits per heavy atom. The molecule has 0 unspecified atom stereocenters. The van der Waals surface area contributed by atoms with E-state index in [1.165, 1.54) is 4.40 Å². The number of carbonyl (C=O) groups is 2. The summed E-state index contributed by atoms with van der Waals surface area (Å²) >= 11 is 0. The number of aromatic nitrogens is 1. The molecule has 0 spiro atoms. The average Bonchev–Trinajstić information content (AvgIpc) is 2.79. The Bertz CT molecular complexity index is 856. The Morgan fingerprint density at radius 3 is 2.27 bits per heavy atom. The molecule has 2 N–H and O–H groups in total. The first-order valence-electron chi connectivity index (χ1n) is 6.31. The number of aromatic carboxylic acids is 1. The second kappa shape index (κ2) is 6.76. The molecule has 0 aliphatic carbocycles. The molecule has 0 saturated carbocycles. The van der Waals surface area contributed by atoms with Crippen molar-refractivity contribution in [3.05, 3.63) is 71.5 Å². The summed E-state index contributed by atoms with van der Waals surface area (Å²) in [7, 11) is 0. The van der Waals surface area contributed by atoms with Gasteiger partial charge in [-0.2, -0.15) is 0 Å². The number of carbonyl (C=O) groups excluding carboxylic acids is 2. The van der Waals surface area contributed by atoms with Crippen LogP contribution in [0.5, 0.6) is 0 Å². The van der Waals surface area contributed by atoms with Crippen molar-refractivity contribution in [2.24, 2.45) is 0 Å². The topological polar surface area (TPSA) is 87.6 Å². The standard InChI is InChI=1S/C16H12N2O3.K/c17-13-12(16(20)21)11-8-4-5-9-18(11)14(13)15(19)10-6-2-1-3-7-10;/h1-9H,17H2,(H,20,21);/q;+1/p-1. The number of fused-ring (bicyclic) bond motifs is 1. The SMILES string of the molecule is Nc1c(C(=O)[O-])c2ccccn2c1C(=O)c1ccccc1.[K+]. The molecule has 0 saturated heterocycles. The number of hydrogen-bond acceptors (Lipinski definition) is 4. The first kappa shape index (κ1) is 16.9. The quantitative estimate of drug-likeness (QED) is 0.452. The minimum Gasteiger partial charge on any atom is -0.545 e. The summed E-state index contributed by atoms with van der Waals surface area (Å²) in [4.78, 5) is 23.9. The number of ketones is 1. The fourth-order valence-electron chi connectivity index (χ4n) is 2.40. The molecule has 5 nitrogen and oxygen atoms in total. The second-order valence-corrected chi connectivity index (χ2v) is 4.58. The third-order valence-corrected chi connectivity index (χ3v) is 3.34. The summed E-state index contributed by atoms with van der Waals surface area (Å²) in [6, 6.07) is 13.5. The van der Waals surface area contributed by atoms with E-state index in [9.17, 15) is 14.7 Å². The van der Waals surface area contributed by atoms with Crippen LogP contribution in [0.1, 0.15) is 26.4 Å². The van der Waals surface area contributed by atoms with E-state index in [2.05, 4.69) is 0 Å². The van der Waals surface area contributed by atoms with Gasteiger partial charge in [0.25, 0.3) is 0 Å². The van der Waals surface area contributed by atoms with Crippen molar-refractivity contribution in [1.29, 1.82) is 0 Å². The minimum atomic E-state index is -1.40. The molecule has 22 heavy (non-hydrogen) atoms. The van der Waals surface area contributed by atoms with Gasteiger partial charge in [0.05, 0.1) is 17.2 Å². The Morgan fingerprint density at radius 2 is 1.64 bits per heavy atom. The first-order valence-corrected chi connectivity index (χ1v) is 6.31. The zero-order valence-electron chi connectivity index (χ0n) is 11.9. The van der Waals surface area contributed by atoms with Gasteiger partial charge < -0.3 is 20.0 Å². The maximum atomic E-state index is 12.6. The van der Waals surface area contributed by atoms with Gasteiger partial charge in [0.2, 0.25) is 5.78 Å². The van der Waals surface area contributed by atoms with Crippen LogP contribution in [-0.2, 0) is 0 Å². The number of rotatable bonds is 3. The zero-order chi connectivity index (χ0) is 15.0. The molecule has 1 aromatic carbocycles. The Kier molecular flexibility index (Phi) is 5.20. The number of nitrogens with zero attached hydrogens (tertiary/aromatic N) is 1. The molecule has 0 aliphatic heterocycles. The Balaban J connectivity index is 0.00000176. The van der Waals surface area contributed by atoms with Crippen molar-refractivity contribution in [3.63, 3.8) is 0 Å². The number of anilines is 1. The molecule has 2 heterocycles. The van der Waals surface area contributed by atoms with E-state index in [0.717, 1.165) is 0 Å². The van der Waals surface area contributed by atoms with Gasteiger partial charge in [-0.1, -0.05) is 36.4 Å². The second-order valence-electron chi connectivity index (χ2n) is 4.58. The number of nitrogen functional groups attached to an aromatic ring is 1. The van der Waals surface area contributed by atoms with Gasteiger partial charge in [0.15, 0.2) is 0 Å². The number of hydrogen-bond donors (Lipinski definition) is 1. The van der Waals surface area contributed by atoms with E-state index >= 15 is 0 Å². The van der Waals surface area contributed by atoms with Gasteiger partial charge in [0, 0.05) is 17.3 Å². The van der Waals surface area contributed by atoms with Crippen LogP contribution in [-0.4, -0.2) is 16.2 Å². The predicted molar refractivity (Wildman–Crippen MR) is 76.0 cm³/mol. The molecule has 3 aromatic rings. The third-order valence-electron chi connectivity index (χ3n) is 3.34. The molecular weight excluding hydrogens is 307 g/mol. The summed E-state index contributed by atoms with van der Waals surface area (Å²) in [5, 5.41) is 11.3. The largest absolute Gasteiger partial charge is 1.00 e. The third kappa shape index (κ3) is 2.76. The average molecular weight is 318 g/mol. The molecule has 0 aliphatic rings. The van der Waals surface area contributed by atoms with Crippen LogP contribution in [0.4, 0.5) is 5.69 Å². The molecular formula is C16H11KN2O3. The number of carboxylic acid groups (broad SMARTS) is 1. The van der Waals surface area contributed by atoms with Crippen molar-refractivity contribution in [1.82, 2.24) is 4.40 Å². The molecule has 6 heteroatoms. The molecule has 0 atom stereocenters. The maximum Gasteiger partial charge on any atom is 1.00 e. The fraction of sp³-hybridized carbons (Fsp3) is 0. The van der Waals surface area contributed by atoms with Gasteiger partial charge in [-0.05, 0) is 12.1 Å². The van der Waals surface area contributed by atoms with Gasteiger partial charge in [0.1, 0.15) is 5.69 Å². The predicted octanol–water partition coefficient (Wildman–Crippen LogP) is -1.88. The molecule has 0 bridgehead atoms. The van der Waals surface area contributed by atoms with E-state index < -0.39 is 5.97 Å². The van der Waals surface area contributed by atoms with Crippen LogP contribution < -0.4 is 62.2 Å². The van der Waals surface area contributed by atoms with Crippen molar-refractivity contribution in [3.8, 4) is 0 Å². The number of benzene rings is 1. The van der Waals surface area contributed by atoms with Gasteiger partial charge in [-0.15, -0.1) is 0 Å². The van der Waals surface area contributed by atoms with Crippen LogP contribution >= 0.6 is 0 Å². The monoisotopic (exact) mass is 318 g/mol. The van der Waals surface area contributed by atoms with Gasteiger partial charge in [-0.25, -0.2) is 0 Å². The molecule has 0 fully saturated rings. The number of carboxylic acids is 1. The summed E-state index contributed by atoms with van der Waals surface area (Å²) in [5.41, 5.74) is 6.58. The number of pyridine rings is 1. The number of nitrogens with two attached hydrogens (primary N) is 1. The molecule has 3 rings (SSSR count). The zero-order valence-corrected chi connectivity index (χ0v) is 15.1.